The molecule has 2 aliphatic heterocycles. The van der Waals surface area contributed by atoms with E-state index < -0.39 is 29.7 Å². The molecule has 11 nitrogen and oxygen atoms in total. The molecule has 1 aromatic carbocycles. The molecule has 4 heterocycles. The zero-order chi connectivity index (χ0) is 27.5. The average Bonchev–Trinajstić information content (AvgIpc) is 3.34. The monoisotopic (exact) mass is 529 g/mol. The number of fused-ring (bicyclic) bond motifs is 1. The van der Waals surface area contributed by atoms with E-state index in [1.165, 1.54) is 0 Å². The van der Waals surface area contributed by atoms with Crippen molar-refractivity contribution < 1.29 is 19.2 Å². The Labute approximate surface area is 226 Å². The second-order valence-electron chi connectivity index (χ2n) is 9.91. The number of carbonyl (C=O) groups excluding carboxylic acids is 4. The number of aromatic nitrogens is 4. The maximum atomic E-state index is 13.0. The molecule has 0 radical (unpaired) electrons. The van der Waals surface area contributed by atoms with Crippen LogP contribution in [0.3, 0.4) is 0 Å². The zero-order valence-electron chi connectivity index (χ0n) is 22.1. The van der Waals surface area contributed by atoms with Crippen molar-refractivity contribution in [3.8, 4) is 11.3 Å². The summed E-state index contributed by atoms with van der Waals surface area (Å²) in [5.41, 5.74) is 5.23. The number of carbonyl (C=O) groups is 4. The summed E-state index contributed by atoms with van der Waals surface area (Å²) in [5, 5.41) is 10.2. The van der Waals surface area contributed by atoms with Crippen molar-refractivity contribution >= 4 is 29.3 Å². The van der Waals surface area contributed by atoms with E-state index in [1.54, 1.807) is 36.8 Å². The molecular formula is C28H31N7O4. The van der Waals surface area contributed by atoms with Gasteiger partial charge in [-0.15, -0.1) is 0 Å². The number of hydrogen-bond acceptors (Lipinski definition) is 8. The highest BCUT2D eigenvalue weighted by atomic mass is 16.2. The Balaban J connectivity index is 1.08. The SMILES string of the molecule is Cc1nn(CCCCCCNc2ccc3c(c2)C(=O)N(C2CCC(=O)NC2=O)C3=O)c(C)c1-c1cnccn1. The Morgan fingerprint density at radius 1 is 1.00 bits per heavy atom. The van der Waals surface area contributed by atoms with Crippen LogP contribution in [0, 0.1) is 13.8 Å². The topological polar surface area (TPSA) is 139 Å². The number of benzene rings is 1. The van der Waals surface area contributed by atoms with E-state index in [4.69, 9.17) is 0 Å². The van der Waals surface area contributed by atoms with Gasteiger partial charge in [0.25, 0.3) is 11.8 Å². The molecular weight excluding hydrogens is 498 g/mol. The van der Waals surface area contributed by atoms with Gasteiger partial charge in [0, 0.05) is 48.8 Å². The van der Waals surface area contributed by atoms with E-state index in [2.05, 4.69) is 32.6 Å². The summed E-state index contributed by atoms with van der Waals surface area (Å²) < 4.78 is 2.04. The van der Waals surface area contributed by atoms with E-state index in [-0.39, 0.29) is 24.0 Å². The molecule has 5 rings (SSSR count). The summed E-state index contributed by atoms with van der Waals surface area (Å²) in [5.74, 6) is -2.00. The minimum Gasteiger partial charge on any atom is -0.385 e. The molecule has 2 aliphatic rings. The van der Waals surface area contributed by atoms with Crippen molar-refractivity contribution in [2.24, 2.45) is 0 Å². The molecule has 1 unspecified atom stereocenters. The van der Waals surface area contributed by atoms with Crippen LogP contribution in [0.4, 0.5) is 5.69 Å². The predicted octanol–water partition coefficient (Wildman–Crippen LogP) is 3.03. The van der Waals surface area contributed by atoms with Crippen LogP contribution in [-0.4, -0.2) is 60.9 Å². The fraction of sp³-hybridized carbons (Fsp3) is 0.393. The summed E-state index contributed by atoms with van der Waals surface area (Å²) in [4.78, 5) is 59.0. The second-order valence-corrected chi connectivity index (χ2v) is 9.91. The minimum atomic E-state index is -0.959. The first-order valence-corrected chi connectivity index (χ1v) is 13.2. The molecule has 1 saturated heterocycles. The Bertz CT molecular complexity index is 1430. The number of hydrogen-bond donors (Lipinski definition) is 2. The van der Waals surface area contributed by atoms with Gasteiger partial charge in [-0.05, 0) is 51.3 Å². The number of nitrogens with one attached hydrogen (secondary N) is 2. The lowest BCUT2D eigenvalue weighted by Gasteiger charge is -2.27. The smallest absolute Gasteiger partial charge is 0.262 e. The van der Waals surface area contributed by atoms with Gasteiger partial charge in [0.15, 0.2) is 0 Å². The molecule has 39 heavy (non-hydrogen) atoms. The van der Waals surface area contributed by atoms with Crippen molar-refractivity contribution in [3.05, 3.63) is 59.3 Å². The summed E-state index contributed by atoms with van der Waals surface area (Å²) in [6, 6.07) is 4.10. The molecule has 202 valence electrons. The van der Waals surface area contributed by atoms with Gasteiger partial charge in [-0.2, -0.15) is 5.10 Å². The highest BCUT2D eigenvalue weighted by Crippen LogP contribution is 2.29. The molecule has 1 atom stereocenters. The summed E-state index contributed by atoms with van der Waals surface area (Å²) in [6.07, 6.45) is 9.41. The van der Waals surface area contributed by atoms with Gasteiger partial charge in [0.05, 0.1) is 28.7 Å². The van der Waals surface area contributed by atoms with Crippen molar-refractivity contribution in [2.75, 3.05) is 11.9 Å². The van der Waals surface area contributed by atoms with Crippen LogP contribution in [-0.2, 0) is 16.1 Å². The largest absolute Gasteiger partial charge is 0.385 e. The standard InChI is InChI=1S/C28H31N7O4/c1-17-25(22-16-29-12-13-31-22)18(2)34(33-17)14-6-4-3-5-11-30-19-7-8-20-21(15-19)28(39)35(27(20)38)23-9-10-24(36)32-26(23)37/h7-8,12-13,15-16,23,30H,3-6,9-11,14H2,1-2H3,(H,32,36,37). The van der Waals surface area contributed by atoms with E-state index in [9.17, 15) is 19.2 Å². The average molecular weight is 530 g/mol. The molecule has 4 amide bonds. The van der Waals surface area contributed by atoms with Crippen LogP contribution >= 0.6 is 0 Å². The molecule has 0 spiro atoms. The van der Waals surface area contributed by atoms with Gasteiger partial charge in [-0.1, -0.05) is 12.8 Å². The number of piperidine rings is 1. The first-order valence-electron chi connectivity index (χ1n) is 13.2. The Hall–Kier alpha value is -4.41. The molecule has 0 bridgehead atoms. The van der Waals surface area contributed by atoms with Crippen molar-refractivity contribution in [1.29, 1.82) is 0 Å². The van der Waals surface area contributed by atoms with Crippen LogP contribution in [0.15, 0.2) is 36.8 Å². The lowest BCUT2D eigenvalue weighted by atomic mass is 10.0. The van der Waals surface area contributed by atoms with E-state index >= 15 is 0 Å². The lowest BCUT2D eigenvalue weighted by Crippen LogP contribution is -2.54. The quantitative estimate of drug-likeness (QED) is 0.302. The fourth-order valence-electron chi connectivity index (χ4n) is 5.27. The van der Waals surface area contributed by atoms with Gasteiger partial charge in [-0.25, -0.2) is 0 Å². The number of rotatable bonds is 10. The van der Waals surface area contributed by atoms with Gasteiger partial charge >= 0.3 is 0 Å². The van der Waals surface area contributed by atoms with Crippen LogP contribution in [0.1, 0.15) is 70.6 Å². The molecule has 2 aromatic heterocycles. The highest BCUT2D eigenvalue weighted by Gasteiger charge is 2.44. The number of amides is 4. The van der Waals surface area contributed by atoms with Crippen LogP contribution in [0.2, 0.25) is 0 Å². The summed E-state index contributed by atoms with van der Waals surface area (Å²) in [6.45, 7) is 5.63. The fourth-order valence-corrected chi connectivity index (χ4v) is 5.27. The van der Waals surface area contributed by atoms with Crippen LogP contribution in [0.5, 0.6) is 0 Å². The molecule has 1 fully saturated rings. The third-order valence-corrected chi connectivity index (χ3v) is 7.27. The third-order valence-electron chi connectivity index (χ3n) is 7.27. The summed E-state index contributed by atoms with van der Waals surface area (Å²) in [7, 11) is 0. The van der Waals surface area contributed by atoms with E-state index in [0.717, 1.165) is 72.0 Å². The van der Waals surface area contributed by atoms with Crippen LogP contribution in [0.25, 0.3) is 11.3 Å². The Kier molecular flexibility index (Phi) is 7.49. The van der Waals surface area contributed by atoms with Crippen molar-refractivity contribution in [2.45, 2.75) is 65.0 Å². The van der Waals surface area contributed by atoms with E-state index in [1.807, 2.05) is 11.6 Å². The molecule has 2 N–H and O–H groups in total. The normalized spacial score (nSPS) is 17.0. The number of aryl methyl sites for hydroxylation is 2. The molecule has 11 heteroatoms. The van der Waals surface area contributed by atoms with Gasteiger partial charge in [0.2, 0.25) is 11.8 Å². The third kappa shape index (κ3) is 5.29. The zero-order valence-corrected chi connectivity index (χ0v) is 22.1. The number of nitrogens with zero attached hydrogens (tertiary/aromatic N) is 5. The van der Waals surface area contributed by atoms with Gasteiger partial charge in [-0.3, -0.25) is 44.0 Å². The molecule has 3 aromatic rings. The lowest BCUT2D eigenvalue weighted by molar-refractivity contribution is -0.136. The highest BCUT2D eigenvalue weighted by molar-refractivity contribution is 6.23. The maximum Gasteiger partial charge on any atom is 0.262 e. The minimum absolute atomic E-state index is 0.0989. The van der Waals surface area contributed by atoms with Gasteiger partial charge < -0.3 is 5.32 Å². The van der Waals surface area contributed by atoms with Crippen molar-refractivity contribution in [3.63, 3.8) is 0 Å². The number of imide groups is 2. The molecule has 0 aliphatic carbocycles. The first-order chi connectivity index (χ1) is 18.8. The Morgan fingerprint density at radius 2 is 1.79 bits per heavy atom. The molecule has 0 saturated carbocycles. The number of unbranched alkanes of at least 4 members (excludes halogenated alkanes) is 3. The predicted molar refractivity (Wildman–Crippen MR) is 143 cm³/mol. The van der Waals surface area contributed by atoms with Crippen molar-refractivity contribution in [1.82, 2.24) is 30.0 Å². The number of anilines is 1. The van der Waals surface area contributed by atoms with Gasteiger partial charge in [0.1, 0.15) is 6.04 Å². The summed E-state index contributed by atoms with van der Waals surface area (Å²) >= 11 is 0. The maximum absolute atomic E-state index is 13.0. The first kappa shape index (κ1) is 26.2. The Morgan fingerprint density at radius 3 is 2.56 bits per heavy atom. The van der Waals surface area contributed by atoms with Crippen LogP contribution < -0.4 is 10.6 Å². The second kappa shape index (κ2) is 11.1. The van der Waals surface area contributed by atoms with E-state index in [0.29, 0.717) is 0 Å².